The maximum absolute atomic E-state index is 12.9. The van der Waals surface area contributed by atoms with Gasteiger partial charge in [0, 0.05) is 31.3 Å². The Morgan fingerprint density at radius 2 is 1.68 bits per heavy atom. The van der Waals surface area contributed by atoms with Gasteiger partial charge in [-0.25, -0.2) is 8.42 Å². The van der Waals surface area contributed by atoms with Gasteiger partial charge in [0.05, 0.1) is 12.0 Å². The van der Waals surface area contributed by atoms with E-state index in [1.165, 1.54) is 18.5 Å². The molecule has 0 heterocycles. The van der Waals surface area contributed by atoms with Crippen molar-refractivity contribution in [2.24, 2.45) is 0 Å². The number of ether oxygens (including phenoxy) is 1. The van der Waals surface area contributed by atoms with E-state index in [1.54, 1.807) is 42.5 Å². The number of methoxy groups -OCH3 is 1. The maximum atomic E-state index is 12.9. The Morgan fingerprint density at radius 3 is 2.32 bits per heavy atom. The Hall–Kier alpha value is -3.16. The van der Waals surface area contributed by atoms with Crippen LogP contribution in [0.3, 0.4) is 0 Å². The fourth-order valence-corrected chi connectivity index (χ4v) is 4.29. The standard InChI is InChI=1S/C24H26N2O4S/c1-18-9-12-22(13-10-18)31(28,29)26(2)17-21-15-20(11-14-23(21)30-3)24(27)25-16-19-7-5-4-6-8-19/h4-15H,16-17H2,1-3H3,(H,25,27). The Kier molecular flexibility index (Phi) is 7.09. The molecule has 0 aliphatic rings. The number of amides is 1. The third kappa shape index (κ3) is 5.51. The third-order valence-electron chi connectivity index (χ3n) is 4.96. The van der Waals surface area contributed by atoms with Gasteiger partial charge >= 0.3 is 0 Å². The maximum Gasteiger partial charge on any atom is 0.251 e. The van der Waals surface area contributed by atoms with Crippen LogP contribution in [0.5, 0.6) is 5.75 Å². The van der Waals surface area contributed by atoms with E-state index in [-0.39, 0.29) is 17.3 Å². The van der Waals surface area contributed by atoms with Gasteiger partial charge in [-0.05, 0) is 42.8 Å². The molecule has 3 aromatic carbocycles. The van der Waals surface area contributed by atoms with Gasteiger partial charge in [-0.3, -0.25) is 4.79 Å². The number of rotatable bonds is 8. The van der Waals surface area contributed by atoms with E-state index in [2.05, 4.69) is 5.32 Å². The summed E-state index contributed by atoms with van der Waals surface area (Å²) in [6.07, 6.45) is 0. The number of carbonyl (C=O) groups excluding carboxylic acids is 1. The molecule has 6 nitrogen and oxygen atoms in total. The second-order valence-electron chi connectivity index (χ2n) is 7.27. The van der Waals surface area contributed by atoms with Gasteiger partial charge in [-0.2, -0.15) is 4.31 Å². The largest absolute Gasteiger partial charge is 0.496 e. The van der Waals surface area contributed by atoms with Crippen molar-refractivity contribution >= 4 is 15.9 Å². The van der Waals surface area contributed by atoms with Gasteiger partial charge in [0.1, 0.15) is 5.75 Å². The number of carbonyl (C=O) groups is 1. The molecule has 0 saturated heterocycles. The lowest BCUT2D eigenvalue weighted by molar-refractivity contribution is 0.0950. The van der Waals surface area contributed by atoms with Crippen molar-refractivity contribution in [1.29, 1.82) is 0 Å². The number of nitrogens with zero attached hydrogens (tertiary/aromatic N) is 1. The molecule has 0 atom stereocenters. The SMILES string of the molecule is COc1ccc(C(=O)NCc2ccccc2)cc1CN(C)S(=O)(=O)c1ccc(C)cc1. The topological polar surface area (TPSA) is 75.7 Å². The fourth-order valence-electron chi connectivity index (χ4n) is 3.14. The molecular weight excluding hydrogens is 412 g/mol. The summed E-state index contributed by atoms with van der Waals surface area (Å²) in [6.45, 7) is 2.38. The van der Waals surface area contributed by atoms with Gasteiger partial charge in [0.15, 0.2) is 0 Å². The Morgan fingerprint density at radius 1 is 1.00 bits per heavy atom. The highest BCUT2D eigenvalue weighted by atomic mass is 32.2. The van der Waals surface area contributed by atoms with E-state index in [9.17, 15) is 13.2 Å². The quantitative estimate of drug-likeness (QED) is 0.581. The molecule has 3 rings (SSSR count). The molecule has 0 radical (unpaired) electrons. The second-order valence-corrected chi connectivity index (χ2v) is 9.31. The van der Waals surface area contributed by atoms with Gasteiger partial charge < -0.3 is 10.1 Å². The van der Waals surface area contributed by atoms with Gasteiger partial charge in [0.2, 0.25) is 10.0 Å². The Bertz CT molecular complexity index is 1140. The number of aryl methyl sites for hydroxylation is 1. The van der Waals surface area contributed by atoms with Gasteiger partial charge in [0.25, 0.3) is 5.91 Å². The van der Waals surface area contributed by atoms with E-state index in [0.29, 0.717) is 23.4 Å². The van der Waals surface area contributed by atoms with Crippen LogP contribution in [0.15, 0.2) is 77.7 Å². The lowest BCUT2D eigenvalue weighted by Gasteiger charge is -2.19. The predicted octanol–water partition coefficient (Wildman–Crippen LogP) is 3.75. The van der Waals surface area contributed by atoms with Crippen LogP contribution in [0, 0.1) is 6.92 Å². The molecule has 0 spiro atoms. The highest BCUT2D eigenvalue weighted by Crippen LogP contribution is 2.24. The second kappa shape index (κ2) is 9.76. The number of hydrogen-bond acceptors (Lipinski definition) is 4. The molecule has 3 aromatic rings. The lowest BCUT2D eigenvalue weighted by Crippen LogP contribution is -2.27. The molecule has 0 saturated carbocycles. The van der Waals surface area contributed by atoms with E-state index in [1.807, 2.05) is 37.3 Å². The molecular formula is C24H26N2O4S. The molecule has 1 amide bonds. The first-order chi connectivity index (χ1) is 14.8. The van der Waals surface area contributed by atoms with E-state index < -0.39 is 10.0 Å². The minimum absolute atomic E-state index is 0.0686. The molecule has 31 heavy (non-hydrogen) atoms. The molecule has 162 valence electrons. The molecule has 0 aliphatic heterocycles. The minimum atomic E-state index is -3.68. The van der Waals surface area contributed by atoms with Crippen LogP contribution in [-0.2, 0) is 23.1 Å². The van der Waals surface area contributed by atoms with Crippen LogP contribution in [0.4, 0.5) is 0 Å². The zero-order chi connectivity index (χ0) is 22.4. The van der Waals surface area contributed by atoms with Crippen molar-refractivity contribution in [3.8, 4) is 5.75 Å². The first-order valence-corrected chi connectivity index (χ1v) is 11.3. The van der Waals surface area contributed by atoms with Gasteiger partial charge in [-0.15, -0.1) is 0 Å². The first kappa shape index (κ1) is 22.5. The number of nitrogens with one attached hydrogen (secondary N) is 1. The zero-order valence-electron chi connectivity index (χ0n) is 17.8. The third-order valence-corrected chi connectivity index (χ3v) is 6.78. The van der Waals surface area contributed by atoms with Crippen molar-refractivity contribution < 1.29 is 17.9 Å². The minimum Gasteiger partial charge on any atom is -0.496 e. The number of sulfonamides is 1. The average Bonchev–Trinajstić information content (AvgIpc) is 2.78. The Labute approximate surface area is 183 Å². The normalized spacial score (nSPS) is 11.4. The number of benzene rings is 3. The van der Waals surface area contributed by atoms with Crippen LogP contribution in [0.25, 0.3) is 0 Å². The van der Waals surface area contributed by atoms with E-state index in [4.69, 9.17) is 4.74 Å². The van der Waals surface area contributed by atoms with E-state index in [0.717, 1.165) is 11.1 Å². The smallest absolute Gasteiger partial charge is 0.251 e. The highest BCUT2D eigenvalue weighted by molar-refractivity contribution is 7.89. The monoisotopic (exact) mass is 438 g/mol. The summed E-state index contributed by atoms with van der Waals surface area (Å²) in [7, 11) is -0.654. The van der Waals surface area contributed by atoms with Crippen molar-refractivity contribution in [3.63, 3.8) is 0 Å². The molecule has 0 aromatic heterocycles. The van der Waals surface area contributed by atoms with Crippen molar-refractivity contribution in [2.45, 2.75) is 24.9 Å². The van der Waals surface area contributed by atoms with Crippen LogP contribution in [0.1, 0.15) is 27.0 Å². The van der Waals surface area contributed by atoms with Crippen LogP contribution < -0.4 is 10.1 Å². The van der Waals surface area contributed by atoms with Crippen LogP contribution >= 0.6 is 0 Å². The van der Waals surface area contributed by atoms with Crippen molar-refractivity contribution in [3.05, 3.63) is 95.1 Å². The lowest BCUT2D eigenvalue weighted by atomic mass is 10.1. The molecule has 0 fully saturated rings. The average molecular weight is 439 g/mol. The first-order valence-electron chi connectivity index (χ1n) is 9.83. The Balaban J connectivity index is 1.78. The summed E-state index contributed by atoms with van der Waals surface area (Å²) >= 11 is 0. The summed E-state index contributed by atoms with van der Waals surface area (Å²) < 4.78 is 32.5. The molecule has 0 aliphatic carbocycles. The van der Waals surface area contributed by atoms with Crippen LogP contribution in [-0.4, -0.2) is 32.8 Å². The number of hydrogen-bond donors (Lipinski definition) is 1. The summed E-state index contributed by atoms with van der Waals surface area (Å²) in [5, 5.41) is 2.88. The molecule has 0 unspecified atom stereocenters. The summed E-state index contributed by atoms with van der Waals surface area (Å²) in [5.74, 6) is 0.280. The van der Waals surface area contributed by atoms with Gasteiger partial charge in [-0.1, -0.05) is 48.0 Å². The molecule has 1 N–H and O–H groups in total. The summed E-state index contributed by atoms with van der Waals surface area (Å²) in [6, 6.07) is 21.3. The predicted molar refractivity (Wildman–Crippen MR) is 120 cm³/mol. The summed E-state index contributed by atoms with van der Waals surface area (Å²) in [5.41, 5.74) is 3.02. The van der Waals surface area contributed by atoms with Crippen molar-refractivity contribution in [2.75, 3.05) is 14.2 Å². The summed E-state index contributed by atoms with van der Waals surface area (Å²) in [4.78, 5) is 12.8. The van der Waals surface area contributed by atoms with E-state index >= 15 is 0 Å². The molecule has 0 bridgehead atoms. The zero-order valence-corrected chi connectivity index (χ0v) is 18.6. The van der Waals surface area contributed by atoms with Crippen LogP contribution in [0.2, 0.25) is 0 Å². The fraction of sp³-hybridized carbons (Fsp3) is 0.208. The van der Waals surface area contributed by atoms with Crippen molar-refractivity contribution in [1.82, 2.24) is 9.62 Å². The molecule has 7 heteroatoms. The highest BCUT2D eigenvalue weighted by Gasteiger charge is 2.22.